The quantitative estimate of drug-likeness (QED) is 0.603. The Balaban J connectivity index is 1.44. The first kappa shape index (κ1) is 23.6. The SMILES string of the molecule is COc1cc(F)ccc1-c1cc(NC(=O)[C@H]2CCC[C@@H](NC(=O)C3(C#N)CNC3)C2)ccc1F. The van der Waals surface area contributed by atoms with Crippen molar-refractivity contribution >= 4 is 17.5 Å². The zero-order chi connectivity index (χ0) is 24.3. The molecule has 178 valence electrons. The van der Waals surface area contributed by atoms with Crippen LogP contribution in [0.2, 0.25) is 0 Å². The van der Waals surface area contributed by atoms with Gasteiger partial charge in [-0.1, -0.05) is 6.42 Å². The molecule has 0 radical (unpaired) electrons. The zero-order valence-corrected chi connectivity index (χ0v) is 18.8. The van der Waals surface area contributed by atoms with Gasteiger partial charge < -0.3 is 20.7 Å². The molecule has 2 fully saturated rings. The van der Waals surface area contributed by atoms with Crippen molar-refractivity contribution < 1.29 is 23.1 Å². The smallest absolute Gasteiger partial charge is 0.243 e. The topological polar surface area (TPSA) is 103 Å². The maximum Gasteiger partial charge on any atom is 0.243 e. The number of amides is 2. The van der Waals surface area contributed by atoms with E-state index in [9.17, 15) is 23.6 Å². The Hall–Kier alpha value is -3.51. The summed E-state index contributed by atoms with van der Waals surface area (Å²) in [5.74, 6) is -1.69. The van der Waals surface area contributed by atoms with E-state index in [0.717, 1.165) is 12.8 Å². The highest BCUT2D eigenvalue weighted by atomic mass is 19.1. The molecule has 7 nitrogen and oxygen atoms in total. The van der Waals surface area contributed by atoms with Gasteiger partial charge in [-0.25, -0.2) is 8.78 Å². The van der Waals surface area contributed by atoms with Crippen molar-refractivity contribution in [3.8, 4) is 22.9 Å². The molecule has 1 saturated carbocycles. The number of carbonyl (C=O) groups excluding carboxylic acids is 2. The molecule has 2 aromatic carbocycles. The van der Waals surface area contributed by atoms with Crippen LogP contribution in [0.25, 0.3) is 11.1 Å². The largest absolute Gasteiger partial charge is 0.496 e. The van der Waals surface area contributed by atoms with Crippen LogP contribution in [0, 0.1) is 34.3 Å². The number of methoxy groups -OCH3 is 1. The van der Waals surface area contributed by atoms with Crippen molar-refractivity contribution in [3.63, 3.8) is 0 Å². The van der Waals surface area contributed by atoms with Crippen LogP contribution in [0.3, 0.4) is 0 Å². The van der Waals surface area contributed by atoms with Gasteiger partial charge in [-0.2, -0.15) is 5.26 Å². The molecule has 0 unspecified atom stereocenters. The standard InChI is InChI=1S/C25H26F2N4O3/c1-34-22-10-16(26)5-7-19(22)20-11-18(6-8-21(20)27)30-23(32)15-3-2-4-17(9-15)31-24(33)25(12-28)13-29-14-25/h5-8,10-11,15,17,29H,2-4,9,13-14H2,1H3,(H,30,32)(H,31,33)/t15-,17+/m0/s1. The summed E-state index contributed by atoms with van der Waals surface area (Å²) in [6, 6.07) is 9.93. The molecule has 4 rings (SSSR count). The fourth-order valence-corrected chi connectivity index (χ4v) is 4.49. The number of hydrogen-bond donors (Lipinski definition) is 3. The maximum atomic E-state index is 14.6. The van der Waals surface area contributed by atoms with Gasteiger partial charge in [-0.05, 0) is 49.6 Å². The van der Waals surface area contributed by atoms with Crippen molar-refractivity contribution in [1.29, 1.82) is 5.26 Å². The molecule has 9 heteroatoms. The highest BCUT2D eigenvalue weighted by Gasteiger charge is 2.45. The third-order valence-corrected chi connectivity index (χ3v) is 6.57. The van der Waals surface area contributed by atoms with E-state index in [0.29, 0.717) is 37.2 Å². The summed E-state index contributed by atoms with van der Waals surface area (Å²) in [5, 5.41) is 18.1. The number of hydrogen-bond acceptors (Lipinski definition) is 5. The molecular formula is C25H26F2N4O3. The molecule has 0 aromatic heterocycles. The Bertz CT molecular complexity index is 1140. The highest BCUT2D eigenvalue weighted by Crippen LogP contribution is 2.34. The maximum absolute atomic E-state index is 14.6. The third kappa shape index (κ3) is 4.73. The second-order valence-electron chi connectivity index (χ2n) is 8.86. The number of nitriles is 1. The van der Waals surface area contributed by atoms with Crippen LogP contribution in [0.15, 0.2) is 36.4 Å². The van der Waals surface area contributed by atoms with Gasteiger partial charge in [0.25, 0.3) is 0 Å². The average molecular weight is 469 g/mol. The molecule has 2 amide bonds. The lowest BCUT2D eigenvalue weighted by molar-refractivity contribution is -0.132. The molecule has 0 bridgehead atoms. The molecule has 1 saturated heterocycles. The Morgan fingerprint density at radius 1 is 1.15 bits per heavy atom. The molecule has 2 atom stereocenters. The molecule has 1 heterocycles. The molecule has 34 heavy (non-hydrogen) atoms. The lowest BCUT2D eigenvalue weighted by Crippen LogP contribution is -2.62. The fourth-order valence-electron chi connectivity index (χ4n) is 4.49. The van der Waals surface area contributed by atoms with Crippen LogP contribution in [0.5, 0.6) is 5.75 Å². The predicted molar refractivity (Wildman–Crippen MR) is 122 cm³/mol. The highest BCUT2D eigenvalue weighted by molar-refractivity contribution is 5.93. The van der Waals surface area contributed by atoms with Crippen molar-refractivity contribution in [1.82, 2.24) is 10.6 Å². The minimum atomic E-state index is -1.03. The van der Waals surface area contributed by atoms with E-state index >= 15 is 0 Å². The van der Waals surface area contributed by atoms with E-state index < -0.39 is 17.0 Å². The predicted octanol–water partition coefficient (Wildman–Crippen LogP) is 3.37. The zero-order valence-electron chi connectivity index (χ0n) is 18.8. The minimum Gasteiger partial charge on any atom is -0.496 e. The number of ether oxygens (including phenoxy) is 1. The van der Waals surface area contributed by atoms with E-state index in [1.54, 1.807) is 0 Å². The Morgan fingerprint density at radius 2 is 1.94 bits per heavy atom. The van der Waals surface area contributed by atoms with Crippen LogP contribution in [0.4, 0.5) is 14.5 Å². The van der Waals surface area contributed by atoms with Gasteiger partial charge in [0.2, 0.25) is 11.8 Å². The molecule has 3 N–H and O–H groups in total. The number of rotatable bonds is 6. The summed E-state index contributed by atoms with van der Waals surface area (Å²) < 4.78 is 33.3. The summed E-state index contributed by atoms with van der Waals surface area (Å²) in [5.41, 5.74) is -0.0710. The van der Waals surface area contributed by atoms with Crippen LogP contribution >= 0.6 is 0 Å². The average Bonchev–Trinajstić information content (AvgIpc) is 2.80. The van der Waals surface area contributed by atoms with E-state index in [2.05, 4.69) is 22.0 Å². The van der Waals surface area contributed by atoms with E-state index in [1.165, 1.54) is 43.5 Å². The van der Waals surface area contributed by atoms with Crippen LogP contribution in [-0.2, 0) is 9.59 Å². The Labute approximate surface area is 196 Å². The van der Waals surface area contributed by atoms with Crippen LogP contribution in [0.1, 0.15) is 25.7 Å². The monoisotopic (exact) mass is 468 g/mol. The lowest BCUT2D eigenvalue weighted by atomic mass is 9.80. The number of nitrogens with one attached hydrogen (secondary N) is 3. The first-order chi connectivity index (χ1) is 16.3. The molecule has 2 aliphatic rings. The van der Waals surface area contributed by atoms with Crippen molar-refractivity contribution in [2.24, 2.45) is 11.3 Å². The van der Waals surface area contributed by atoms with Crippen LogP contribution < -0.4 is 20.7 Å². The summed E-state index contributed by atoms with van der Waals surface area (Å²) in [6.45, 7) is 0.662. The fraction of sp³-hybridized carbons (Fsp3) is 0.400. The molecule has 1 aliphatic carbocycles. The van der Waals surface area contributed by atoms with Crippen molar-refractivity contribution in [2.75, 3.05) is 25.5 Å². The normalized spacial score (nSPS) is 21.0. The number of carbonyl (C=O) groups is 2. The number of anilines is 1. The van der Waals surface area contributed by atoms with E-state index in [-0.39, 0.29) is 35.1 Å². The van der Waals surface area contributed by atoms with Gasteiger partial charge in [0.15, 0.2) is 5.41 Å². The third-order valence-electron chi connectivity index (χ3n) is 6.57. The van der Waals surface area contributed by atoms with Crippen molar-refractivity contribution in [3.05, 3.63) is 48.0 Å². The summed E-state index contributed by atoms with van der Waals surface area (Å²) >= 11 is 0. The second kappa shape index (κ2) is 9.77. The van der Waals surface area contributed by atoms with E-state index in [1.807, 2.05) is 0 Å². The first-order valence-corrected chi connectivity index (χ1v) is 11.2. The molecule has 0 spiro atoms. The second-order valence-corrected chi connectivity index (χ2v) is 8.86. The van der Waals surface area contributed by atoms with Gasteiger partial charge in [0.05, 0.1) is 13.2 Å². The van der Waals surface area contributed by atoms with Gasteiger partial charge in [-0.3, -0.25) is 9.59 Å². The van der Waals surface area contributed by atoms with Gasteiger partial charge in [0, 0.05) is 47.9 Å². The molecule has 2 aromatic rings. The summed E-state index contributed by atoms with van der Waals surface area (Å²) in [6.07, 6.45) is 2.65. The minimum absolute atomic E-state index is 0.180. The first-order valence-electron chi connectivity index (χ1n) is 11.2. The Morgan fingerprint density at radius 3 is 2.62 bits per heavy atom. The molecular weight excluding hydrogens is 442 g/mol. The molecule has 1 aliphatic heterocycles. The lowest BCUT2D eigenvalue weighted by Gasteiger charge is -2.37. The summed E-state index contributed by atoms with van der Waals surface area (Å²) in [7, 11) is 1.38. The Kier molecular flexibility index (Phi) is 6.80. The van der Waals surface area contributed by atoms with Gasteiger partial charge in [-0.15, -0.1) is 0 Å². The summed E-state index contributed by atoms with van der Waals surface area (Å²) in [4.78, 5) is 25.5. The number of benzene rings is 2. The number of nitrogens with zero attached hydrogens (tertiary/aromatic N) is 1. The van der Waals surface area contributed by atoms with Crippen molar-refractivity contribution in [2.45, 2.75) is 31.7 Å². The van der Waals surface area contributed by atoms with Gasteiger partial charge >= 0.3 is 0 Å². The van der Waals surface area contributed by atoms with E-state index in [4.69, 9.17) is 4.74 Å². The van der Waals surface area contributed by atoms with Crippen LogP contribution in [-0.4, -0.2) is 38.1 Å². The van der Waals surface area contributed by atoms with Gasteiger partial charge in [0.1, 0.15) is 17.4 Å². The number of halogens is 2.